The van der Waals surface area contributed by atoms with E-state index in [2.05, 4.69) is 15.9 Å². The molecule has 5 heteroatoms. The molecule has 1 nitrogen and oxygen atoms in total. The lowest BCUT2D eigenvalue weighted by molar-refractivity contribution is 0.892. The fourth-order valence-corrected chi connectivity index (χ4v) is 3.19. The molecule has 0 radical (unpaired) electrons. The van der Waals surface area contributed by atoms with Crippen LogP contribution in [-0.2, 0) is 0 Å². The molecule has 1 heterocycles. The fraction of sp³-hybridized carbons (Fsp3) is 0.167. The molecule has 1 aromatic heterocycles. The highest BCUT2D eigenvalue weighted by Gasteiger charge is 2.14. The highest BCUT2D eigenvalue weighted by Crippen LogP contribution is 2.34. The average molecular weight is 351 g/mol. The molecule has 0 saturated heterocycles. The van der Waals surface area contributed by atoms with Crippen molar-refractivity contribution in [3.05, 3.63) is 54.1 Å². The number of nitrogens with two attached hydrogens (primary N) is 1. The van der Waals surface area contributed by atoms with E-state index in [4.69, 9.17) is 28.9 Å². The number of aryl methyl sites for hydroxylation is 1. The van der Waals surface area contributed by atoms with E-state index in [1.165, 1.54) is 11.3 Å². The predicted molar refractivity (Wildman–Crippen MR) is 79.2 cm³/mol. The van der Waals surface area contributed by atoms with Gasteiger partial charge < -0.3 is 5.73 Å². The van der Waals surface area contributed by atoms with Crippen LogP contribution in [0.25, 0.3) is 0 Å². The van der Waals surface area contributed by atoms with E-state index >= 15 is 0 Å². The van der Waals surface area contributed by atoms with Crippen LogP contribution in [0.3, 0.4) is 0 Å². The highest BCUT2D eigenvalue weighted by atomic mass is 79.9. The van der Waals surface area contributed by atoms with E-state index in [1.54, 1.807) is 0 Å². The molecular weight excluding hydrogens is 341 g/mol. The Morgan fingerprint density at radius 1 is 1.29 bits per heavy atom. The third-order valence-corrected chi connectivity index (χ3v) is 5.36. The molecule has 0 aliphatic heterocycles. The summed E-state index contributed by atoms with van der Waals surface area (Å²) >= 11 is 17.0. The van der Waals surface area contributed by atoms with Gasteiger partial charge in [-0.2, -0.15) is 0 Å². The topological polar surface area (TPSA) is 26.0 Å². The van der Waals surface area contributed by atoms with Crippen LogP contribution < -0.4 is 5.73 Å². The Balaban J connectivity index is 2.36. The Kier molecular flexibility index (Phi) is 4.16. The zero-order valence-electron chi connectivity index (χ0n) is 9.01. The number of benzene rings is 1. The lowest BCUT2D eigenvalue weighted by Gasteiger charge is -2.10. The van der Waals surface area contributed by atoms with Gasteiger partial charge in [-0.25, -0.2) is 0 Å². The fourth-order valence-electron chi connectivity index (χ4n) is 1.51. The van der Waals surface area contributed by atoms with E-state index in [9.17, 15) is 0 Å². The SMILES string of the molecule is Cc1cc(C(N)c2ccc(Br)c(Cl)c2)sc1Cl. The van der Waals surface area contributed by atoms with Gasteiger partial charge in [0.15, 0.2) is 0 Å². The highest BCUT2D eigenvalue weighted by molar-refractivity contribution is 9.10. The van der Waals surface area contributed by atoms with Crippen LogP contribution in [0.1, 0.15) is 22.0 Å². The summed E-state index contributed by atoms with van der Waals surface area (Å²) < 4.78 is 1.66. The summed E-state index contributed by atoms with van der Waals surface area (Å²) in [6.45, 7) is 1.98. The Morgan fingerprint density at radius 3 is 2.53 bits per heavy atom. The first-order chi connectivity index (χ1) is 7.99. The maximum absolute atomic E-state index is 6.20. The van der Waals surface area contributed by atoms with Gasteiger partial charge in [0.25, 0.3) is 0 Å². The van der Waals surface area contributed by atoms with Crippen molar-refractivity contribution < 1.29 is 0 Å². The monoisotopic (exact) mass is 349 g/mol. The molecule has 0 amide bonds. The molecule has 90 valence electrons. The smallest absolute Gasteiger partial charge is 0.0961 e. The lowest BCUT2D eigenvalue weighted by Crippen LogP contribution is -2.10. The largest absolute Gasteiger partial charge is 0.320 e. The molecule has 1 aromatic carbocycles. The third kappa shape index (κ3) is 2.85. The first kappa shape index (κ1) is 13.4. The molecule has 17 heavy (non-hydrogen) atoms. The van der Waals surface area contributed by atoms with Crippen LogP contribution in [0, 0.1) is 6.92 Å². The van der Waals surface area contributed by atoms with Gasteiger partial charge in [-0.05, 0) is 52.2 Å². The molecule has 0 spiro atoms. The van der Waals surface area contributed by atoms with E-state index in [0.717, 1.165) is 24.8 Å². The zero-order chi connectivity index (χ0) is 12.6. The lowest BCUT2D eigenvalue weighted by atomic mass is 10.1. The summed E-state index contributed by atoms with van der Waals surface area (Å²) in [6, 6.07) is 7.58. The minimum atomic E-state index is -0.184. The van der Waals surface area contributed by atoms with Gasteiger partial charge >= 0.3 is 0 Å². The van der Waals surface area contributed by atoms with Crippen LogP contribution in [0.4, 0.5) is 0 Å². The maximum atomic E-state index is 6.20. The van der Waals surface area contributed by atoms with Gasteiger partial charge in [-0.15, -0.1) is 11.3 Å². The summed E-state index contributed by atoms with van der Waals surface area (Å²) in [5, 5.41) is 0.664. The van der Waals surface area contributed by atoms with Crippen LogP contribution in [0.5, 0.6) is 0 Å². The quantitative estimate of drug-likeness (QED) is 0.793. The van der Waals surface area contributed by atoms with Crippen LogP contribution >= 0.6 is 50.5 Å². The van der Waals surface area contributed by atoms with Crippen LogP contribution in [-0.4, -0.2) is 0 Å². The van der Waals surface area contributed by atoms with Crippen molar-refractivity contribution >= 4 is 50.5 Å². The number of hydrogen-bond acceptors (Lipinski definition) is 2. The average Bonchev–Trinajstić information content (AvgIpc) is 2.62. The first-order valence-corrected chi connectivity index (χ1v) is 7.32. The van der Waals surface area contributed by atoms with Gasteiger partial charge in [0, 0.05) is 9.35 Å². The van der Waals surface area contributed by atoms with Crippen LogP contribution in [0.15, 0.2) is 28.7 Å². The normalized spacial score (nSPS) is 12.8. The number of halogens is 3. The second kappa shape index (κ2) is 5.29. The van der Waals surface area contributed by atoms with E-state index in [0.29, 0.717) is 5.02 Å². The van der Waals surface area contributed by atoms with Crippen molar-refractivity contribution in [2.24, 2.45) is 5.73 Å². The standard InChI is InChI=1S/C12H10BrCl2NS/c1-6-4-10(17-12(6)15)11(16)7-2-3-8(13)9(14)5-7/h2-5,11H,16H2,1H3. The number of hydrogen-bond donors (Lipinski definition) is 1. The molecule has 0 saturated carbocycles. The maximum Gasteiger partial charge on any atom is 0.0961 e. The first-order valence-electron chi connectivity index (χ1n) is 4.95. The molecule has 0 fully saturated rings. The number of rotatable bonds is 2. The van der Waals surface area contributed by atoms with Crippen molar-refractivity contribution in [2.75, 3.05) is 0 Å². The molecule has 1 unspecified atom stereocenters. The van der Waals surface area contributed by atoms with Crippen molar-refractivity contribution in [3.8, 4) is 0 Å². The van der Waals surface area contributed by atoms with Crippen molar-refractivity contribution in [1.82, 2.24) is 0 Å². The molecule has 0 aliphatic rings. The summed E-state index contributed by atoms with van der Waals surface area (Å²) in [4.78, 5) is 1.05. The summed E-state index contributed by atoms with van der Waals surface area (Å²) in [5.74, 6) is 0. The summed E-state index contributed by atoms with van der Waals surface area (Å²) in [5.41, 5.74) is 8.24. The van der Waals surface area contributed by atoms with Crippen molar-refractivity contribution in [2.45, 2.75) is 13.0 Å². The van der Waals surface area contributed by atoms with Crippen molar-refractivity contribution in [3.63, 3.8) is 0 Å². The molecule has 2 rings (SSSR count). The predicted octanol–water partition coefficient (Wildman–Crippen LogP) is 5.17. The Hall–Kier alpha value is -0.0600. The zero-order valence-corrected chi connectivity index (χ0v) is 12.9. The number of thiophene rings is 1. The molecule has 2 aromatic rings. The minimum Gasteiger partial charge on any atom is -0.320 e. The Morgan fingerprint density at radius 2 is 2.00 bits per heavy atom. The summed E-state index contributed by atoms with van der Waals surface area (Å²) in [6.07, 6.45) is 0. The van der Waals surface area contributed by atoms with Crippen molar-refractivity contribution in [1.29, 1.82) is 0 Å². The Labute approximate surface area is 123 Å². The molecule has 0 bridgehead atoms. The van der Waals surface area contributed by atoms with Gasteiger partial charge in [-0.1, -0.05) is 29.3 Å². The van der Waals surface area contributed by atoms with E-state index in [1.807, 2.05) is 31.2 Å². The van der Waals surface area contributed by atoms with Gasteiger partial charge in [0.2, 0.25) is 0 Å². The molecule has 1 atom stereocenters. The second-order valence-corrected chi connectivity index (χ2v) is 6.70. The van der Waals surface area contributed by atoms with Gasteiger partial charge in [0.1, 0.15) is 0 Å². The van der Waals surface area contributed by atoms with Gasteiger partial charge in [-0.3, -0.25) is 0 Å². The van der Waals surface area contributed by atoms with E-state index < -0.39 is 0 Å². The minimum absolute atomic E-state index is 0.184. The van der Waals surface area contributed by atoms with Gasteiger partial charge in [0.05, 0.1) is 15.4 Å². The summed E-state index contributed by atoms with van der Waals surface area (Å²) in [7, 11) is 0. The molecular formula is C12H10BrCl2NS. The Bertz CT molecular complexity index is 534. The second-order valence-electron chi connectivity index (χ2n) is 3.76. The van der Waals surface area contributed by atoms with E-state index in [-0.39, 0.29) is 6.04 Å². The third-order valence-electron chi connectivity index (χ3n) is 2.49. The van der Waals surface area contributed by atoms with Crippen LogP contribution in [0.2, 0.25) is 9.36 Å². The molecule has 0 aliphatic carbocycles. The molecule has 2 N–H and O–H groups in total.